The summed E-state index contributed by atoms with van der Waals surface area (Å²) in [4.78, 5) is 25.6. The second-order valence-electron chi connectivity index (χ2n) is 5.54. The molecule has 1 aromatic rings. The maximum Gasteiger partial charge on any atom is 0.329 e. The lowest BCUT2D eigenvalue weighted by molar-refractivity contribution is -0.139. The number of nitrogens with zero attached hydrogens (tertiary/aromatic N) is 2. The Bertz CT molecular complexity index is 600. The summed E-state index contributed by atoms with van der Waals surface area (Å²) in [5.74, 6) is -0.788. The number of carbonyl (C=O) groups excluding carboxylic acids is 2. The zero-order valence-electron chi connectivity index (χ0n) is 14.4. The number of carbonyl (C=O) groups is 2. The summed E-state index contributed by atoms with van der Waals surface area (Å²) in [7, 11) is 1.57. The van der Waals surface area contributed by atoms with Gasteiger partial charge in [0, 0.05) is 19.6 Å². The van der Waals surface area contributed by atoms with Crippen molar-refractivity contribution in [3.8, 4) is 5.75 Å². The highest BCUT2D eigenvalue weighted by Gasteiger charge is 2.13. The normalized spacial score (nSPS) is 15.1. The average molecular weight is 348 g/mol. The molecule has 1 fully saturated rings. The van der Waals surface area contributed by atoms with Crippen LogP contribution in [0.2, 0.25) is 0 Å². The Morgan fingerprint density at radius 2 is 2.12 bits per heavy atom. The lowest BCUT2D eigenvalue weighted by Crippen LogP contribution is -2.40. The Balaban J connectivity index is 1.64. The van der Waals surface area contributed by atoms with Crippen molar-refractivity contribution in [2.75, 3.05) is 46.5 Å². The van der Waals surface area contributed by atoms with Gasteiger partial charge in [-0.15, -0.1) is 0 Å². The fourth-order valence-electron chi connectivity index (χ4n) is 2.35. The maximum atomic E-state index is 11.7. The first-order valence-corrected chi connectivity index (χ1v) is 8.24. The van der Waals surface area contributed by atoms with E-state index in [9.17, 15) is 9.59 Å². The van der Waals surface area contributed by atoms with Gasteiger partial charge in [0.1, 0.15) is 5.75 Å². The van der Waals surface area contributed by atoms with E-state index in [1.807, 2.05) is 12.1 Å². The van der Waals surface area contributed by atoms with Crippen molar-refractivity contribution in [3.63, 3.8) is 0 Å². The maximum absolute atomic E-state index is 11.7. The van der Waals surface area contributed by atoms with Gasteiger partial charge in [0.25, 0.3) is 0 Å². The van der Waals surface area contributed by atoms with Crippen LogP contribution < -0.4 is 15.5 Å². The fourth-order valence-corrected chi connectivity index (χ4v) is 2.35. The SMILES string of the molecule is COc1cccc(/C=N/NC(=O)C(=O)NCCCN2CCOCC2)c1. The molecule has 2 amide bonds. The zero-order chi connectivity index (χ0) is 17.9. The van der Waals surface area contributed by atoms with Crippen LogP contribution in [0.1, 0.15) is 12.0 Å². The molecule has 0 bridgehead atoms. The summed E-state index contributed by atoms with van der Waals surface area (Å²) >= 11 is 0. The molecular formula is C17H24N4O4. The predicted molar refractivity (Wildman–Crippen MR) is 93.6 cm³/mol. The molecule has 0 aromatic heterocycles. The molecule has 0 unspecified atom stereocenters. The third-order valence-electron chi connectivity index (χ3n) is 3.72. The molecule has 0 radical (unpaired) electrons. The molecular weight excluding hydrogens is 324 g/mol. The van der Waals surface area contributed by atoms with E-state index in [1.54, 1.807) is 19.2 Å². The van der Waals surface area contributed by atoms with Gasteiger partial charge >= 0.3 is 11.8 Å². The number of ether oxygens (including phenoxy) is 2. The van der Waals surface area contributed by atoms with Gasteiger partial charge in [0.15, 0.2) is 0 Å². The van der Waals surface area contributed by atoms with Crippen molar-refractivity contribution in [2.45, 2.75) is 6.42 Å². The molecule has 0 aliphatic carbocycles. The topological polar surface area (TPSA) is 92.3 Å². The summed E-state index contributed by atoms with van der Waals surface area (Å²) in [6.45, 7) is 4.64. The molecule has 0 saturated carbocycles. The van der Waals surface area contributed by atoms with Gasteiger partial charge in [-0.25, -0.2) is 5.43 Å². The minimum absolute atomic E-state index is 0.448. The molecule has 8 heteroatoms. The molecule has 1 aromatic carbocycles. The second-order valence-corrected chi connectivity index (χ2v) is 5.54. The number of methoxy groups -OCH3 is 1. The fraction of sp³-hybridized carbons (Fsp3) is 0.471. The number of benzene rings is 1. The number of morpholine rings is 1. The third kappa shape index (κ3) is 6.90. The molecule has 0 atom stereocenters. The van der Waals surface area contributed by atoms with E-state index < -0.39 is 11.8 Å². The molecule has 25 heavy (non-hydrogen) atoms. The summed E-state index contributed by atoms with van der Waals surface area (Å²) in [5.41, 5.74) is 2.96. The number of rotatable bonds is 7. The molecule has 2 rings (SSSR count). The minimum Gasteiger partial charge on any atom is -0.497 e. The highest BCUT2D eigenvalue weighted by atomic mass is 16.5. The summed E-state index contributed by atoms with van der Waals surface area (Å²) in [6, 6.07) is 7.19. The molecule has 1 aliphatic rings. The van der Waals surface area contributed by atoms with Crippen LogP contribution in [0.5, 0.6) is 5.75 Å². The molecule has 1 aliphatic heterocycles. The number of hydrogen-bond acceptors (Lipinski definition) is 6. The zero-order valence-corrected chi connectivity index (χ0v) is 14.4. The highest BCUT2D eigenvalue weighted by molar-refractivity contribution is 6.35. The average Bonchev–Trinajstić information content (AvgIpc) is 2.66. The van der Waals surface area contributed by atoms with Gasteiger partial charge in [-0.1, -0.05) is 12.1 Å². The lowest BCUT2D eigenvalue weighted by atomic mass is 10.2. The van der Waals surface area contributed by atoms with E-state index in [4.69, 9.17) is 9.47 Å². The summed E-state index contributed by atoms with van der Waals surface area (Å²) < 4.78 is 10.4. The third-order valence-corrected chi connectivity index (χ3v) is 3.72. The Kier molecular flexibility index (Phi) is 7.87. The Morgan fingerprint density at radius 3 is 2.88 bits per heavy atom. The lowest BCUT2D eigenvalue weighted by Gasteiger charge is -2.26. The van der Waals surface area contributed by atoms with Gasteiger partial charge in [-0.05, 0) is 30.7 Å². The highest BCUT2D eigenvalue weighted by Crippen LogP contribution is 2.10. The number of nitrogens with one attached hydrogen (secondary N) is 2. The largest absolute Gasteiger partial charge is 0.497 e. The van der Waals surface area contributed by atoms with Crippen LogP contribution in [-0.4, -0.2) is 69.4 Å². The Hall–Kier alpha value is -2.45. The molecule has 0 spiro atoms. The number of hydrogen-bond donors (Lipinski definition) is 2. The van der Waals surface area contributed by atoms with E-state index in [0.29, 0.717) is 12.3 Å². The van der Waals surface area contributed by atoms with Crippen LogP contribution in [0.15, 0.2) is 29.4 Å². The molecule has 8 nitrogen and oxygen atoms in total. The first-order chi connectivity index (χ1) is 12.2. The van der Waals surface area contributed by atoms with Crippen LogP contribution in [-0.2, 0) is 14.3 Å². The van der Waals surface area contributed by atoms with Crippen LogP contribution in [0, 0.1) is 0 Å². The minimum atomic E-state index is -0.787. The van der Waals surface area contributed by atoms with Crippen molar-refractivity contribution in [1.82, 2.24) is 15.6 Å². The van der Waals surface area contributed by atoms with Gasteiger partial charge < -0.3 is 14.8 Å². The van der Waals surface area contributed by atoms with E-state index in [0.717, 1.165) is 44.8 Å². The van der Waals surface area contributed by atoms with E-state index in [1.165, 1.54) is 6.21 Å². The van der Waals surface area contributed by atoms with Crippen molar-refractivity contribution in [2.24, 2.45) is 5.10 Å². The standard InChI is InChI=1S/C17H24N4O4/c1-24-15-5-2-4-14(12-15)13-19-20-17(23)16(22)18-6-3-7-21-8-10-25-11-9-21/h2,4-5,12-13H,3,6-11H2,1H3,(H,18,22)(H,20,23)/b19-13+. The Labute approximate surface area is 147 Å². The van der Waals surface area contributed by atoms with E-state index >= 15 is 0 Å². The first kappa shape index (κ1) is 18.9. The van der Waals surface area contributed by atoms with E-state index in [-0.39, 0.29) is 0 Å². The van der Waals surface area contributed by atoms with Gasteiger partial charge in [-0.3, -0.25) is 14.5 Å². The monoisotopic (exact) mass is 348 g/mol. The Morgan fingerprint density at radius 1 is 1.32 bits per heavy atom. The summed E-state index contributed by atoms with van der Waals surface area (Å²) in [5, 5.41) is 6.36. The van der Waals surface area contributed by atoms with Crippen LogP contribution >= 0.6 is 0 Å². The number of hydrazone groups is 1. The summed E-state index contributed by atoms with van der Waals surface area (Å²) in [6.07, 6.45) is 2.23. The first-order valence-electron chi connectivity index (χ1n) is 8.24. The molecule has 136 valence electrons. The molecule has 1 saturated heterocycles. The second kappa shape index (κ2) is 10.4. The molecule has 2 N–H and O–H groups in total. The predicted octanol–water partition coefficient (Wildman–Crippen LogP) is -0.0162. The van der Waals surface area contributed by atoms with E-state index in [2.05, 4.69) is 20.7 Å². The van der Waals surface area contributed by atoms with Crippen molar-refractivity contribution >= 4 is 18.0 Å². The van der Waals surface area contributed by atoms with Crippen molar-refractivity contribution in [1.29, 1.82) is 0 Å². The van der Waals surface area contributed by atoms with Crippen LogP contribution in [0.4, 0.5) is 0 Å². The van der Waals surface area contributed by atoms with Crippen molar-refractivity contribution in [3.05, 3.63) is 29.8 Å². The van der Waals surface area contributed by atoms with Gasteiger partial charge in [0.05, 0.1) is 26.5 Å². The molecule has 1 heterocycles. The van der Waals surface area contributed by atoms with Crippen LogP contribution in [0.25, 0.3) is 0 Å². The smallest absolute Gasteiger partial charge is 0.329 e. The quantitative estimate of drug-likeness (QED) is 0.313. The van der Waals surface area contributed by atoms with Gasteiger partial charge in [0.2, 0.25) is 0 Å². The van der Waals surface area contributed by atoms with Crippen molar-refractivity contribution < 1.29 is 19.1 Å². The van der Waals surface area contributed by atoms with Gasteiger partial charge in [-0.2, -0.15) is 5.10 Å². The number of amides is 2. The van der Waals surface area contributed by atoms with Crippen LogP contribution in [0.3, 0.4) is 0 Å².